The molecule has 0 spiro atoms. The smallest absolute Gasteiger partial charge is 0.269 e. The van der Waals surface area contributed by atoms with Gasteiger partial charge in [-0.25, -0.2) is 0 Å². The Morgan fingerprint density at radius 2 is 2.25 bits per heavy atom. The molecule has 2 aromatic rings. The van der Waals surface area contributed by atoms with Gasteiger partial charge in [-0.05, 0) is 30.3 Å². The van der Waals surface area contributed by atoms with Crippen molar-refractivity contribution in [1.29, 1.82) is 0 Å². The van der Waals surface area contributed by atoms with Gasteiger partial charge in [0.05, 0.1) is 5.69 Å². The fourth-order valence-corrected chi connectivity index (χ4v) is 2.28. The lowest BCUT2D eigenvalue weighted by atomic mass is 10.1. The second-order valence-electron chi connectivity index (χ2n) is 5.11. The average Bonchev–Trinajstić information content (AvgIpc) is 3.06. The molecule has 0 aliphatic carbocycles. The van der Waals surface area contributed by atoms with Crippen LogP contribution in [0, 0.1) is 0 Å². The number of nitrogens with one attached hydrogen (secondary N) is 2. The van der Waals surface area contributed by atoms with Crippen molar-refractivity contribution in [2.75, 3.05) is 23.4 Å². The van der Waals surface area contributed by atoms with Gasteiger partial charge in [-0.1, -0.05) is 5.10 Å². The van der Waals surface area contributed by atoms with E-state index in [4.69, 9.17) is 4.74 Å². The molecule has 1 aliphatic heterocycles. The maximum atomic E-state index is 12.1. The highest BCUT2D eigenvalue weighted by Crippen LogP contribution is 2.33. The molecule has 2 N–H and O–H groups in total. The molecule has 0 saturated carbocycles. The number of benzene rings is 1. The van der Waals surface area contributed by atoms with Gasteiger partial charge in [-0.3, -0.25) is 19.7 Å². The average molecular weight is 330 g/mol. The highest BCUT2D eigenvalue weighted by atomic mass is 16.5. The number of ketones is 1. The molecule has 0 bridgehead atoms. The number of fused-ring (bicyclic) bond motifs is 1. The van der Waals surface area contributed by atoms with E-state index < -0.39 is 0 Å². The molecule has 124 valence electrons. The number of ether oxygens (including phenoxy) is 1. The van der Waals surface area contributed by atoms with E-state index in [2.05, 4.69) is 25.9 Å². The maximum Gasteiger partial charge on any atom is 0.269 e. The monoisotopic (exact) mass is 330 g/mol. The summed E-state index contributed by atoms with van der Waals surface area (Å²) < 4.78 is 5.36. The zero-order valence-electron chi connectivity index (χ0n) is 12.8. The first kappa shape index (κ1) is 15.6. The summed E-state index contributed by atoms with van der Waals surface area (Å²) in [6, 6.07) is 4.87. The third kappa shape index (κ3) is 3.21. The summed E-state index contributed by atoms with van der Waals surface area (Å²) >= 11 is 0. The Morgan fingerprint density at radius 3 is 2.96 bits per heavy atom. The van der Waals surface area contributed by atoms with E-state index in [1.165, 1.54) is 11.8 Å². The number of H-pyrrole nitrogens is 1. The van der Waals surface area contributed by atoms with Gasteiger partial charge >= 0.3 is 0 Å². The number of rotatable bonds is 5. The number of hydrogen-bond donors (Lipinski definition) is 2. The van der Waals surface area contributed by atoms with Crippen LogP contribution in [0.5, 0.6) is 5.75 Å². The predicted molar refractivity (Wildman–Crippen MR) is 81.7 cm³/mol. The van der Waals surface area contributed by atoms with Gasteiger partial charge in [0.1, 0.15) is 5.75 Å². The fourth-order valence-electron chi connectivity index (χ4n) is 2.28. The molecule has 1 aromatic carbocycles. The van der Waals surface area contributed by atoms with Gasteiger partial charge in [-0.2, -0.15) is 5.21 Å². The van der Waals surface area contributed by atoms with Crippen molar-refractivity contribution in [3.63, 3.8) is 0 Å². The molecule has 1 aliphatic rings. The van der Waals surface area contributed by atoms with Crippen LogP contribution in [-0.2, 0) is 9.59 Å². The highest BCUT2D eigenvalue weighted by Gasteiger charge is 2.26. The minimum Gasteiger partial charge on any atom is -0.482 e. The van der Waals surface area contributed by atoms with Crippen molar-refractivity contribution in [2.24, 2.45) is 0 Å². The number of Topliss-reactive ketones (excluding diaryl/α,β-unsaturated/α-hetero) is 1. The third-order valence-electron chi connectivity index (χ3n) is 3.47. The van der Waals surface area contributed by atoms with Gasteiger partial charge in [0.2, 0.25) is 5.91 Å². The Balaban J connectivity index is 1.73. The van der Waals surface area contributed by atoms with Crippen LogP contribution in [0.25, 0.3) is 0 Å². The summed E-state index contributed by atoms with van der Waals surface area (Å²) in [5.41, 5.74) is 0.944. The first-order valence-corrected chi connectivity index (χ1v) is 7.16. The normalized spacial score (nSPS) is 13.2. The van der Waals surface area contributed by atoms with Gasteiger partial charge in [0, 0.05) is 18.5 Å². The summed E-state index contributed by atoms with van der Waals surface area (Å²) in [4.78, 5) is 37.0. The third-order valence-corrected chi connectivity index (χ3v) is 3.47. The molecule has 2 amide bonds. The summed E-state index contributed by atoms with van der Waals surface area (Å²) in [6.45, 7) is 1.47. The number of hydrogen-bond acceptors (Lipinski definition) is 7. The number of carbonyl (C=O) groups is 3. The van der Waals surface area contributed by atoms with Crippen LogP contribution in [0.1, 0.15) is 23.7 Å². The van der Waals surface area contributed by atoms with Crippen LogP contribution < -0.4 is 15.0 Å². The Kier molecular flexibility index (Phi) is 4.18. The lowest BCUT2D eigenvalue weighted by molar-refractivity contribution is -0.121. The molecule has 0 radical (unpaired) electrons. The van der Waals surface area contributed by atoms with E-state index in [-0.39, 0.29) is 43.1 Å². The van der Waals surface area contributed by atoms with E-state index >= 15 is 0 Å². The van der Waals surface area contributed by atoms with E-state index in [0.717, 1.165) is 0 Å². The van der Waals surface area contributed by atoms with Crippen molar-refractivity contribution in [1.82, 2.24) is 20.6 Å². The van der Waals surface area contributed by atoms with E-state index in [1.807, 2.05) is 0 Å². The summed E-state index contributed by atoms with van der Waals surface area (Å²) in [7, 11) is 0. The van der Waals surface area contributed by atoms with Gasteiger partial charge < -0.3 is 9.64 Å². The van der Waals surface area contributed by atoms with Crippen LogP contribution in [0.3, 0.4) is 0 Å². The Bertz CT molecular complexity index is 789. The molecular formula is C14H14N6O4. The van der Waals surface area contributed by atoms with Crippen LogP contribution >= 0.6 is 0 Å². The zero-order chi connectivity index (χ0) is 17.1. The van der Waals surface area contributed by atoms with Gasteiger partial charge in [-0.15, -0.1) is 5.10 Å². The Hall–Kier alpha value is -3.30. The van der Waals surface area contributed by atoms with E-state index in [0.29, 0.717) is 17.0 Å². The summed E-state index contributed by atoms with van der Waals surface area (Å²) in [6.07, 6.45) is 0.0318. The minimum atomic E-state index is -0.361. The standard InChI is InChI=1S/C14H14N6O4/c1-8(21)9-2-3-11-10(6-9)20(13(23)7-24-11)5-4-12(22)15-14-16-18-19-17-14/h2-3,6H,4-5,7H2,1H3,(H2,15,16,17,18,19,22). The second kappa shape index (κ2) is 6.44. The van der Waals surface area contributed by atoms with Gasteiger partial charge in [0.25, 0.3) is 11.9 Å². The maximum absolute atomic E-state index is 12.1. The Morgan fingerprint density at radius 1 is 1.42 bits per heavy atom. The highest BCUT2D eigenvalue weighted by molar-refractivity contribution is 6.01. The lowest BCUT2D eigenvalue weighted by Crippen LogP contribution is -2.40. The van der Waals surface area contributed by atoms with Gasteiger partial charge in [0.15, 0.2) is 12.4 Å². The SMILES string of the molecule is CC(=O)c1ccc2c(c1)N(CCC(=O)Nc1nn[nH]n1)C(=O)CO2. The quantitative estimate of drug-likeness (QED) is 0.746. The largest absolute Gasteiger partial charge is 0.482 e. The van der Waals surface area contributed by atoms with E-state index in [1.54, 1.807) is 18.2 Å². The molecule has 0 unspecified atom stereocenters. The fraction of sp³-hybridized carbons (Fsp3) is 0.286. The van der Waals surface area contributed by atoms with Crippen molar-refractivity contribution in [3.05, 3.63) is 23.8 Å². The van der Waals surface area contributed by atoms with Crippen LogP contribution in [-0.4, -0.2) is 51.4 Å². The van der Waals surface area contributed by atoms with Crippen molar-refractivity contribution in [2.45, 2.75) is 13.3 Å². The summed E-state index contributed by atoms with van der Waals surface area (Å²) in [5, 5.41) is 15.2. The molecule has 1 aromatic heterocycles. The molecule has 0 fully saturated rings. The van der Waals surface area contributed by atoms with Crippen LogP contribution in [0.15, 0.2) is 18.2 Å². The molecule has 10 nitrogen and oxygen atoms in total. The first-order valence-electron chi connectivity index (χ1n) is 7.16. The van der Waals surface area contributed by atoms with E-state index in [9.17, 15) is 14.4 Å². The Labute approximate surface area is 136 Å². The number of anilines is 2. The molecule has 2 heterocycles. The van der Waals surface area contributed by atoms with Crippen LogP contribution in [0.2, 0.25) is 0 Å². The van der Waals surface area contributed by atoms with Crippen LogP contribution in [0.4, 0.5) is 11.6 Å². The molecular weight excluding hydrogens is 316 g/mol. The van der Waals surface area contributed by atoms with Crippen molar-refractivity contribution < 1.29 is 19.1 Å². The second-order valence-corrected chi connectivity index (χ2v) is 5.11. The number of aromatic nitrogens is 4. The lowest BCUT2D eigenvalue weighted by Gasteiger charge is -2.29. The molecule has 10 heteroatoms. The van der Waals surface area contributed by atoms with Crippen molar-refractivity contribution in [3.8, 4) is 5.75 Å². The topological polar surface area (TPSA) is 130 Å². The van der Waals surface area contributed by atoms with Crippen molar-refractivity contribution >= 4 is 29.2 Å². The number of aromatic amines is 1. The number of amides is 2. The molecule has 24 heavy (non-hydrogen) atoms. The number of tetrazole rings is 1. The molecule has 3 rings (SSSR count). The predicted octanol–water partition coefficient (Wildman–Crippen LogP) is 0.156. The molecule has 0 saturated heterocycles. The summed E-state index contributed by atoms with van der Waals surface area (Å²) in [5.74, 6) is -0.202. The number of nitrogens with zero attached hydrogens (tertiary/aromatic N) is 4. The minimum absolute atomic E-state index is 0.0318. The first-order chi connectivity index (χ1) is 11.5. The molecule has 0 atom stereocenters. The number of carbonyl (C=O) groups excluding carboxylic acids is 3. The zero-order valence-corrected chi connectivity index (χ0v) is 12.8.